The van der Waals surface area contributed by atoms with E-state index < -0.39 is 0 Å². The summed E-state index contributed by atoms with van der Waals surface area (Å²) in [5, 5.41) is 14.1. The number of hydrogen-bond donors (Lipinski definition) is 2. The van der Waals surface area contributed by atoms with Gasteiger partial charge in [0.25, 0.3) is 17.8 Å². The highest BCUT2D eigenvalue weighted by Gasteiger charge is 2.28. The van der Waals surface area contributed by atoms with E-state index in [1.54, 1.807) is 23.0 Å². The summed E-state index contributed by atoms with van der Waals surface area (Å²) in [7, 11) is 0. The molecule has 166 valence electrons. The standard InChI is InChI=1S/C23H25N5O4/c29-22(24-15-6-7-15)19-14-28(27-26-19)17-10-8-16(9-11-17)25-23(30)20-12-13-21(32-20)31-18-4-2-1-3-5-18/h1-5,12-17H,6-11H2,(H,24,29)(H,25,30). The highest BCUT2D eigenvalue weighted by Crippen LogP contribution is 2.29. The molecule has 0 aliphatic heterocycles. The van der Waals surface area contributed by atoms with Crippen molar-refractivity contribution in [2.24, 2.45) is 0 Å². The Balaban J connectivity index is 1.11. The molecule has 2 aliphatic rings. The maximum Gasteiger partial charge on any atom is 0.290 e. The van der Waals surface area contributed by atoms with Crippen LogP contribution in [0, 0.1) is 0 Å². The second-order valence-corrected chi connectivity index (χ2v) is 8.34. The largest absolute Gasteiger partial charge is 0.426 e. The van der Waals surface area contributed by atoms with Gasteiger partial charge in [0, 0.05) is 18.2 Å². The van der Waals surface area contributed by atoms with Gasteiger partial charge in [0.2, 0.25) is 0 Å². The van der Waals surface area contributed by atoms with Gasteiger partial charge in [-0.15, -0.1) is 5.10 Å². The first kappa shape index (κ1) is 20.3. The monoisotopic (exact) mass is 435 g/mol. The van der Waals surface area contributed by atoms with Crippen molar-refractivity contribution in [1.29, 1.82) is 0 Å². The van der Waals surface area contributed by atoms with Crippen LogP contribution in [0.3, 0.4) is 0 Å². The summed E-state index contributed by atoms with van der Waals surface area (Å²) in [6, 6.07) is 13.0. The molecule has 2 amide bonds. The molecule has 5 rings (SSSR count). The molecule has 0 saturated heterocycles. The highest BCUT2D eigenvalue weighted by atomic mass is 16.6. The zero-order valence-corrected chi connectivity index (χ0v) is 17.6. The number of nitrogens with zero attached hydrogens (tertiary/aromatic N) is 3. The van der Waals surface area contributed by atoms with Crippen LogP contribution in [0.25, 0.3) is 0 Å². The summed E-state index contributed by atoms with van der Waals surface area (Å²) in [6.45, 7) is 0. The lowest BCUT2D eigenvalue weighted by atomic mass is 9.91. The average molecular weight is 435 g/mol. The van der Waals surface area contributed by atoms with Crippen LogP contribution in [0.15, 0.2) is 53.1 Å². The SMILES string of the molecule is O=C(NC1CC1)c1cn(C2CCC(NC(=O)c3ccc(Oc4ccccc4)o3)CC2)nn1. The minimum atomic E-state index is -0.254. The van der Waals surface area contributed by atoms with E-state index in [2.05, 4.69) is 20.9 Å². The Morgan fingerprint density at radius 2 is 1.59 bits per heavy atom. The van der Waals surface area contributed by atoms with Crippen molar-refractivity contribution in [3.05, 3.63) is 60.1 Å². The first-order valence-electron chi connectivity index (χ1n) is 11.0. The van der Waals surface area contributed by atoms with Gasteiger partial charge in [-0.3, -0.25) is 9.59 Å². The molecule has 9 heteroatoms. The lowest BCUT2D eigenvalue weighted by molar-refractivity contribution is 0.0887. The van der Waals surface area contributed by atoms with E-state index in [4.69, 9.17) is 9.15 Å². The Hall–Kier alpha value is -3.62. The predicted octanol–water partition coefficient (Wildman–Crippen LogP) is 3.47. The Bertz CT molecular complexity index is 1080. The summed E-state index contributed by atoms with van der Waals surface area (Å²) in [5.74, 6) is 0.733. The summed E-state index contributed by atoms with van der Waals surface area (Å²) in [5.41, 5.74) is 0.360. The van der Waals surface area contributed by atoms with E-state index >= 15 is 0 Å². The van der Waals surface area contributed by atoms with Gasteiger partial charge in [0.1, 0.15) is 5.75 Å². The molecule has 32 heavy (non-hydrogen) atoms. The summed E-state index contributed by atoms with van der Waals surface area (Å²) < 4.78 is 12.9. The smallest absolute Gasteiger partial charge is 0.290 e. The van der Waals surface area contributed by atoms with Crippen LogP contribution in [-0.4, -0.2) is 38.9 Å². The number of carbonyl (C=O) groups excluding carboxylic acids is 2. The van der Waals surface area contributed by atoms with Gasteiger partial charge >= 0.3 is 0 Å². The Morgan fingerprint density at radius 3 is 2.31 bits per heavy atom. The third-order valence-corrected chi connectivity index (χ3v) is 5.83. The Labute approximate surface area is 185 Å². The van der Waals surface area contributed by atoms with Crippen molar-refractivity contribution in [3.8, 4) is 11.7 Å². The van der Waals surface area contributed by atoms with E-state index in [1.165, 1.54) is 0 Å². The van der Waals surface area contributed by atoms with Crippen molar-refractivity contribution in [3.63, 3.8) is 0 Å². The van der Waals surface area contributed by atoms with E-state index in [9.17, 15) is 9.59 Å². The van der Waals surface area contributed by atoms with Crippen LogP contribution in [0.5, 0.6) is 11.7 Å². The van der Waals surface area contributed by atoms with Crippen molar-refractivity contribution >= 4 is 11.8 Å². The normalized spacial score (nSPS) is 20.5. The lowest BCUT2D eigenvalue weighted by Gasteiger charge is -2.28. The summed E-state index contributed by atoms with van der Waals surface area (Å²) >= 11 is 0. The molecule has 0 spiro atoms. The number of para-hydroxylation sites is 1. The van der Waals surface area contributed by atoms with Gasteiger partial charge in [-0.1, -0.05) is 23.4 Å². The number of benzene rings is 1. The average Bonchev–Trinajstić information content (AvgIpc) is 3.28. The Morgan fingerprint density at radius 1 is 0.906 bits per heavy atom. The first-order chi connectivity index (χ1) is 15.6. The number of amides is 2. The summed E-state index contributed by atoms with van der Waals surface area (Å²) in [4.78, 5) is 24.7. The third-order valence-electron chi connectivity index (χ3n) is 5.83. The zero-order valence-electron chi connectivity index (χ0n) is 17.6. The molecule has 2 aliphatic carbocycles. The lowest BCUT2D eigenvalue weighted by Crippen LogP contribution is -2.37. The topological polar surface area (TPSA) is 111 Å². The predicted molar refractivity (Wildman–Crippen MR) is 114 cm³/mol. The van der Waals surface area contributed by atoms with Crippen molar-refractivity contribution in [2.75, 3.05) is 0 Å². The van der Waals surface area contributed by atoms with Gasteiger partial charge < -0.3 is 19.8 Å². The summed E-state index contributed by atoms with van der Waals surface area (Å²) in [6.07, 6.45) is 7.11. The van der Waals surface area contributed by atoms with Gasteiger partial charge in [0.15, 0.2) is 11.5 Å². The number of aromatic nitrogens is 3. The van der Waals surface area contributed by atoms with E-state index in [0.29, 0.717) is 17.5 Å². The maximum atomic E-state index is 12.6. The molecule has 2 heterocycles. The fourth-order valence-corrected chi connectivity index (χ4v) is 3.89. The molecular weight excluding hydrogens is 410 g/mol. The zero-order chi connectivity index (χ0) is 21.9. The van der Waals surface area contributed by atoms with E-state index in [1.807, 2.05) is 30.3 Å². The van der Waals surface area contributed by atoms with Crippen LogP contribution in [0.2, 0.25) is 0 Å². The van der Waals surface area contributed by atoms with Crippen LogP contribution in [0.4, 0.5) is 0 Å². The highest BCUT2D eigenvalue weighted by molar-refractivity contribution is 5.92. The fourth-order valence-electron chi connectivity index (χ4n) is 3.89. The minimum Gasteiger partial charge on any atom is -0.426 e. The molecule has 2 N–H and O–H groups in total. The first-order valence-corrected chi connectivity index (χ1v) is 11.0. The van der Waals surface area contributed by atoms with Crippen molar-refractivity contribution in [1.82, 2.24) is 25.6 Å². The van der Waals surface area contributed by atoms with Gasteiger partial charge in [0.05, 0.1) is 12.2 Å². The molecule has 1 aromatic carbocycles. The number of ether oxygens (including phenoxy) is 1. The number of carbonyl (C=O) groups is 2. The second kappa shape index (κ2) is 8.86. The van der Waals surface area contributed by atoms with Crippen LogP contribution < -0.4 is 15.4 Å². The number of nitrogens with one attached hydrogen (secondary N) is 2. The van der Waals surface area contributed by atoms with Crippen molar-refractivity contribution < 1.29 is 18.7 Å². The fraction of sp³-hybridized carbons (Fsp3) is 0.391. The molecule has 2 aromatic heterocycles. The molecule has 9 nitrogen and oxygen atoms in total. The van der Waals surface area contributed by atoms with E-state index in [-0.39, 0.29) is 35.6 Å². The molecule has 0 radical (unpaired) electrons. The van der Waals surface area contributed by atoms with E-state index in [0.717, 1.165) is 38.5 Å². The molecule has 3 aromatic rings. The van der Waals surface area contributed by atoms with Gasteiger partial charge in [-0.05, 0) is 56.7 Å². The molecule has 0 atom stereocenters. The number of furan rings is 1. The van der Waals surface area contributed by atoms with Crippen LogP contribution in [-0.2, 0) is 0 Å². The molecule has 0 bridgehead atoms. The third kappa shape index (κ3) is 4.82. The quantitative estimate of drug-likeness (QED) is 0.588. The molecule has 2 fully saturated rings. The number of hydrogen-bond acceptors (Lipinski definition) is 6. The second-order valence-electron chi connectivity index (χ2n) is 8.34. The number of rotatable bonds is 7. The maximum absolute atomic E-state index is 12.6. The minimum absolute atomic E-state index is 0.0588. The van der Waals surface area contributed by atoms with Gasteiger partial charge in [-0.2, -0.15) is 0 Å². The van der Waals surface area contributed by atoms with Crippen LogP contribution >= 0.6 is 0 Å². The van der Waals surface area contributed by atoms with Gasteiger partial charge in [-0.25, -0.2) is 4.68 Å². The van der Waals surface area contributed by atoms with Crippen molar-refractivity contribution in [2.45, 2.75) is 56.7 Å². The van der Waals surface area contributed by atoms with Crippen LogP contribution in [0.1, 0.15) is 65.6 Å². The molecule has 0 unspecified atom stereocenters. The Kier molecular flexibility index (Phi) is 5.62. The molecule has 2 saturated carbocycles. The molecular formula is C23H25N5O4.